The molecule has 0 fully saturated rings. The zero-order valence-electron chi connectivity index (χ0n) is 12.3. The predicted octanol–water partition coefficient (Wildman–Crippen LogP) is 1.96. The van der Waals surface area contributed by atoms with Crippen LogP contribution in [0.4, 0.5) is 10.1 Å². The van der Waals surface area contributed by atoms with Gasteiger partial charge in [0.2, 0.25) is 5.91 Å². The van der Waals surface area contributed by atoms with Gasteiger partial charge in [-0.15, -0.1) is 0 Å². The summed E-state index contributed by atoms with van der Waals surface area (Å²) >= 11 is 0. The summed E-state index contributed by atoms with van der Waals surface area (Å²) < 4.78 is 12.8. The third kappa shape index (κ3) is 5.09. The number of aliphatic hydroxyl groups is 1. The molecular formula is C17H16FN3O2. The molecular weight excluding hydrogens is 297 g/mol. The van der Waals surface area contributed by atoms with E-state index in [-0.39, 0.29) is 24.8 Å². The third-order valence-corrected chi connectivity index (χ3v) is 3.21. The van der Waals surface area contributed by atoms with E-state index in [4.69, 9.17) is 5.26 Å². The molecule has 118 valence electrons. The number of hydrogen-bond donors (Lipinski definition) is 3. The van der Waals surface area contributed by atoms with Crippen LogP contribution >= 0.6 is 0 Å². The highest BCUT2D eigenvalue weighted by Gasteiger charge is 2.09. The van der Waals surface area contributed by atoms with Crippen molar-refractivity contribution in [3.63, 3.8) is 0 Å². The summed E-state index contributed by atoms with van der Waals surface area (Å²) in [7, 11) is 0. The van der Waals surface area contributed by atoms with Crippen molar-refractivity contribution < 1.29 is 14.3 Å². The summed E-state index contributed by atoms with van der Waals surface area (Å²) in [5.41, 5.74) is 1.80. The van der Waals surface area contributed by atoms with E-state index in [0.717, 1.165) is 5.69 Å². The number of anilines is 1. The molecule has 1 atom stereocenters. The van der Waals surface area contributed by atoms with E-state index in [1.165, 1.54) is 24.3 Å². The Morgan fingerprint density at radius 3 is 2.43 bits per heavy atom. The van der Waals surface area contributed by atoms with Crippen molar-refractivity contribution >= 4 is 11.6 Å². The van der Waals surface area contributed by atoms with Crippen molar-refractivity contribution in [1.29, 1.82) is 5.26 Å². The molecule has 23 heavy (non-hydrogen) atoms. The van der Waals surface area contributed by atoms with E-state index < -0.39 is 6.10 Å². The number of carbonyl (C=O) groups is 1. The van der Waals surface area contributed by atoms with Crippen LogP contribution in [0.25, 0.3) is 0 Å². The number of rotatable bonds is 6. The molecule has 1 amide bonds. The Bertz CT molecular complexity index is 693. The fraction of sp³-hybridized carbons (Fsp3) is 0.176. The molecule has 2 aromatic carbocycles. The van der Waals surface area contributed by atoms with Gasteiger partial charge >= 0.3 is 0 Å². The zero-order valence-corrected chi connectivity index (χ0v) is 12.3. The molecule has 0 aromatic heterocycles. The van der Waals surface area contributed by atoms with Crippen LogP contribution in [0.3, 0.4) is 0 Å². The average Bonchev–Trinajstić information content (AvgIpc) is 2.59. The number of hydrogen-bond acceptors (Lipinski definition) is 4. The molecule has 0 aliphatic heterocycles. The molecule has 0 aliphatic carbocycles. The van der Waals surface area contributed by atoms with Crippen LogP contribution < -0.4 is 10.6 Å². The molecule has 1 unspecified atom stereocenters. The van der Waals surface area contributed by atoms with Gasteiger partial charge in [-0.3, -0.25) is 4.79 Å². The van der Waals surface area contributed by atoms with Crippen LogP contribution in [0.5, 0.6) is 0 Å². The van der Waals surface area contributed by atoms with E-state index in [9.17, 15) is 14.3 Å². The fourth-order valence-electron chi connectivity index (χ4n) is 1.92. The van der Waals surface area contributed by atoms with Crippen LogP contribution in [-0.2, 0) is 4.79 Å². The van der Waals surface area contributed by atoms with Gasteiger partial charge in [-0.05, 0) is 42.0 Å². The van der Waals surface area contributed by atoms with Gasteiger partial charge < -0.3 is 15.7 Å². The Kier molecular flexibility index (Phi) is 5.67. The van der Waals surface area contributed by atoms with Gasteiger partial charge in [0.05, 0.1) is 24.3 Å². The van der Waals surface area contributed by atoms with Gasteiger partial charge in [-0.2, -0.15) is 5.26 Å². The normalized spacial score (nSPS) is 11.3. The Labute approximate surface area is 133 Å². The summed E-state index contributed by atoms with van der Waals surface area (Å²) in [4.78, 5) is 11.7. The maximum atomic E-state index is 12.8. The highest BCUT2D eigenvalue weighted by Crippen LogP contribution is 2.12. The van der Waals surface area contributed by atoms with Crippen molar-refractivity contribution in [2.24, 2.45) is 0 Å². The Balaban J connectivity index is 1.76. The minimum Gasteiger partial charge on any atom is -0.387 e. The minimum atomic E-state index is -0.894. The summed E-state index contributed by atoms with van der Waals surface area (Å²) in [6.45, 7) is 0.0849. The lowest BCUT2D eigenvalue weighted by Gasteiger charge is -2.13. The van der Waals surface area contributed by atoms with Crippen LogP contribution in [-0.4, -0.2) is 24.1 Å². The Hall–Kier alpha value is -2.91. The van der Waals surface area contributed by atoms with Gasteiger partial charge in [-0.1, -0.05) is 12.1 Å². The summed E-state index contributed by atoms with van der Waals surface area (Å²) in [5, 5.41) is 24.1. The Morgan fingerprint density at radius 2 is 1.83 bits per heavy atom. The zero-order chi connectivity index (χ0) is 16.7. The first kappa shape index (κ1) is 16.5. The molecule has 0 radical (unpaired) electrons. The van der Waals surface area contributed by atoms with Gasteiger partial charge in [0.15, 0.2) is 0 Å². The molecule has 0 saturated carbocycles. The first-order valence-corrected chi connectivity index (χ1v) is 7.03. The number of halogens is 1. The van der Waals surface area contributed by atoms with Gasteiger partial charge in [0.1, 0.15) is 5.82 Å². The molecule has 0 saturated heterocycles. The van der Waals surface area contributed by atoms with Gasteiger partial charge in [0, 0.05) is 12.2 Å². The van der Waals surface area contributed by atoms with Crippen LogP contribution in [0.1, 0.15) is 17.2 Å². The maximum Gasteiger partial charge on any atom is 0.239 e. The lowest BCUT2D eigenvalue weighted by molar-refractivity contribution is -0.119. The van der Waals surface area contributed by atoms with Crippen molar-refractivity contribution in [1.82, 2.24) is 5.32 Å². The average molecular weight is 313 g/mol. The molecule has 0 spiro atoms. The molecule has 5 nitrogen and oxygen atoms in total. The SMILES string of the molecule is N#Cc1ccc(NCC(=O)NCC(O)c2ccc(F)cc2)cc1. The molecule has 0 aliphatic rings. The lowest BCUT2D eigenvalue weighted by Crippen LogP contribution is -2.33. The number of nitrogens with zero attached hydrogens (tertiary/aromatic N) is 1. The fourth-order valence-corrected chi connectivity index (χ4v) is 1.92. The van der Waals surface area contributed by atoms with Crippen LogP contribution in [0, 0.1) is 17.1 Å². The summed E-state index contributed by atoms with van der Waals surface area (Å²) in [6, 6.07) is 14.2. The second-order valence-corrected chi connectivity index (χ2v) is 4.91. The van der Waals surface area contributed by atoms with Gasteiger partial charge in [-0.25, -0.2) is 4.39 Å². The largest absolute Gasteiger partial charge is 0.387 e. The number of benzene rings is 2. The second kappa shape index (κ2) is 7.92. The number of aliphatic hydroxyl groups excluding tert-OH is 1. The van der Waals surface area contributed by atoms with Crippen LogP contribution in [0.2, 0.25) is 0 Å². The topological polar surface area (TPSA) is 85.2 Å². The van der Waals surface area contributed by atoms with E-state index in [2.05, 4.69) is 10.6 Å². The lowest BCUT2D eigenvalue weighted by atomic mass is 10.1. The van der Waals surface area contributed by atoms with Crippen molar-refractivity contribution in [3.05, 3.63) is 65.5 Å². The first-order valence-electron chi connectivity index (χ1n) is 7.03. The summed E-state index contributed by atoms with van der Waals surface area (Å²) in [6.07, 6.45) is -0.894. The Morgan fingerprint density at radius 1 is 1.17 bits per heavy atom. The van der Waals surface area contributed by atoms with Crippen LogP contribution in [0.15, 0.2) is 48.5 Å². The number of amides is 1. The first-order chi connectivity index (χ1) is 11.1. The standard InChI is InChI=1S/C17H16FN3O2/c18-14-5-3-13(4-6-14)16(22)10-21-17(23)11-20-15-7-1-12(9-19)2-8-15/h1-8,16,20,22H,10-11H2,(H,21,23). The third-order valence-electron chi connectivity index (χ3n) is 3.21. The van der Waals surface area contributed by atoms with Crippen molar-refractivity contribution in [3.8, 4) is 6.07 Å². The van der Waals surface area contributed by atoms with Gasteiger partial charge in [0.25, 0.3) is 0 Å². The molecule has 6 heteroatoms. The molecule has 3 N–H and O–H groups in total. The van der Waals surface area contributed by atoms with E-state index in [1.54, 1.807) is 24.3 Å². The number of carbonyl (C=O) groups excluding carboxylic acids is 1. The number of nitrogens with one attached hydrogen (secondary N) is 2. The quantitative estimate of drug-likeness (QED) is 0.761. The second-order valence-electron chi connectivity index (χ2n) is 4.91. The van der Waals surface area contributed by atoms with E-state index in [0.29, 0.717) is 11.1 Å². The summed E-state index contributed by atoms with van der Waals surface area (Å²) in [5.74, 6) is -0.660. The van der Waals surface area contributed by atoms with Crippen molar-refractivity contribution in [2.75, 3.05) is 18.4 Å². The number of nitriles is 1. The molecule has 2 aromatic rings. The van der Waals surface area contributed by atoms with E-state index in [1.807, 2.05) is 6.07 Å². The van der Waals surface area contributed by atoms with E-state index >= 15 is 0 Å². The highest BCUT2D eigenvalue weighted by atomic mass is 19.1. The molecule has 2 rings (SSSR count). The maximum absolute atomic E-state index is 12.8. The molecule has 0 bridgehead atoms. The predicted molar refractivity (Wildman–Crippen MR) is 84.0 cm³/mol. The molecule has 0 heterocycles. The smallest absolute Gasteiger partial charge is 0.239 e. The highest BCUT2D eigenvalue weighted by molar-refractivity contribution is 5.80. The minimum absolute atomic E-state index is 0.0412. The van der Waals surface area contributed by atoms with Crippen molar-refractivity contribution in [2.45, 2.75) is 6.10 Å². The monoisotopic (exact) mass is 313 g/mol.